The minimum atomic E-state index is -2.01. The number of nitrogens with one attached hydrogen (secondary N) is 17. The number of carboxylic acids is 2. The number of rotatable bonds is 60. The molecule has 1 aliphatic rings. The van der Waals surface area contributed by atoms with Crippen molar-refractivity contribution >= 4 is 212 Å². The maximum absolute atomic E-state index is 14.4. The Morgan fingerprint density at radius 2 is 0.765 bits per heavy atom. The van der Waals surface area contributed by atoms with Crippen LogP contribution in [0.5, 0.6) is 5.75 Å². The fourth-order valence-corrected chi connectivity index (χ4v) is 14.2. The fraction of sp³-hybridized carbons (Fsp3) is 0.557. The van der Waals surface area contributed by atoms with Crippen LogP contribution in [0, 0.1) is 5.92 Å². The number of carboxylic acid groups (broad SMARTS) is 2. The lowest BCUT2D eigenvalue weighted by Gasteiger charge is -2.30. The second kappa shape index (κ2) is 59.8. The number of nitrogens with two attached hydrogens (primary N) is 4. The second-order valence-corrected chi connectivity index (χ2v) is 33.5. The Balaban J connectivity index is 1.74. The molecule has 2 aromatic rings. The van der Waals surface area contributed by atoms with Crippen molar-refractivity contribution in [2.45, 2.75) is 207 Å². The third kappa shape index (κ3) is 40.5. The number of primary amides is 3. The van der Waals surface area contributed by atoms with E-state index in [1.165, 1.54) is 31.2 Å². The number of benzene rings is 2. The molecule has 21 amide bonds. The number of thiol groups is 6. The maximum Gasteiger partial charge on any atom is 0.326 e. The zero-order valence-electron chi connectivity index (χ0n) is 73.9. The van der Waals surface area contributed by atoms with Crippen LogP contribution in [0.4, 0.5) is 0 Å². The molecule has 0 aromatic heterocycles. The summed E-state index contributed by atoms with van der Waals surface area (Å²) in [7, 11) is 0. The first-order chi connectivity index (χ1) is 64.0. The monoisotopic (exact) mass is 2030 g/mol. The first-order valence-corrected chi connectivity index (χ1v) is 45.7. The Hall–Kier alpha value is -12.0. The normalized spacial score (nSPS) is 16.1. The van der Waals surface area contributed by atoms with E-state index in [-0.39, 0.29) is 49.3 Å². The molecule has 57 heteroatoms. The number of carbonyl (C=O) groups excluding carboxylic acids is 21. The van der Waals surface area contributed by atoms with Gasteiger partial charge in [0.15, 0.2) is 0 Å². The topological polar surface area (TPSA) is 826 Å². The van der Waals surface area contributed by atoms with Crippen molar-refractivity contribution in [2.24, 2.45) is 28.9 Å². The summed E-state index contributed by atoms with van der Waals surface area (Å²) in [6.45, 7) is 2.21. The highest BCUT2D eigenvalue weighted by Gasteiger charge is 2.43. The van der Waals surface area contributed by atoms with Gasteiger partial charge in [-0.3, -0.25) is 105 Å². The zero-order valence-corrected chi connectivity index (χ0v) is 79.3. The van der Waals surface area contributed by atoms with Crippen LogP contribution < -0.4 is 113 Å². The lowest BCUT2D eigenvalue weighted by Crippen LogP contribution is -2.62. The SMILES string of the molecule is CC(C)C[C@H](NC(=O)[C@H](CCC(=O)O)NC(=O)[C@H](CS)NC(=O)[C@H](CS)NC(=O)[C@H](Cc1ccc(O)cc1)NC(=O)[C@H](CC(N)=O)NC(=O)[C@H](CO)NC(=O)[C@H](CO)NC(=O)[C@@H](N)CC(N)=O)C(=O)N[C@@H](CS)C(=O)N[C@@H](CS)C(=O)N[C@@H](CC(N)=O)C(=O)N1CCC[C@H]1C(=O)N[C@@H](C)C(=O)N[C@@H](CS)C(=O)N[C@H](C(=O)NCC(=O)N[C@@H](CS)C(=O)N[C@@H](Cc1ccccc1)C(=O)O)[C@@H](C)O. The van der Waals surface area contributed by atoms with Gasteiger partial charge in [-0.15, -0.1) is 0 Å². The molecule has 19 atom stereocenters. The van der Waals surface area contributed by atoms with Gasteiger partial charge in [0.2, 0.25) is 124 Å². The average Bonchev–Trinajstić information content (AvgIpc) is 1.66. The lowest BCUT2D eigenvalue weighted by molar-refractivity contribution is -0.143. The summed E-state index contributed by atoms with van der Waals surface area (Å²) >= 11 is 25.0. The fourth-order valence-electron chi connectivity index (χ4n) is 12.7. The first kappa shape index (κ1) is 118. The van der Waals surface area contributed by atoms with Crippen molar-refractivity contribution in [3.8, 4) is 5.75 Å². The molecule has 2 aromatic carbocycles. The van der Waals surface area contributed by atoms with Crippen molar-refractivity contribution < 1.29 is 141 Å². The quantitative estimate of drug-likeness (QED) is 0.0274. The summed E-state index contributed by atoms with van der Waals surface area (Å²) in [5, 5.41) is 98.7. The van der Waals surface area contributed by atoms with Crippen LogP contribution in [0.3, 0.4) is 0 Å². The Kier molecular flexibility index (Phi) is 51.9. The third-order valence-electron chi connectivity index (χ3n) is 20.0. The van der Waals surface area contributed by atoms with Gasteiger partial charge < -0.3 is 149 Å². The van der Waals surface area contributed by atoms with E-state index in [1.54, 1.807) is 44.2 Å². The summed E-state index contributed by atoms with van der Waals surface area (Å²) in [5.74, 6) is -30.2. The Morgan fingerprint density at radius 3 is 1.21 bits per heavy atom. The highest BCUT2D eigenvalue weighted by molar-refractivity contribution is 7.81. The van der Waals surface area contributed by atoms with Gasteiger partial charge in [0, 0.05) is 60.3 Å². The van der Waals surface area contributed by atoms with E-state index in [4.69, 9.17) is 22.9 Å². The number of hydrogen-bond donors (Lipinski definition) is 33. The standard InChI is InChI=1S/C79H118N22O29S6/c1-34(2)19-42(88-64(114)41(16-17-60(110)111)87-71(121)50(29-132)98-74(124)53(32-135)97-66(116)43(20-38-12-14-39(105)15-13-38)89-67(117)44(23-57(82)107)90-68(118)48(27-103)94-69(119)47(26-102)93-63(113)40(80)22-56(81)106)65(115)96-52(31-134)73(123)99-51(30-133)72(122)91-45(24-58(83)108)78(128)101-18-8-11-55(101)76(126)85-35(3)62(112)95-54(33-136)75(125)100-61(36(4)104)77(127)84-25-59(109)86-49(28-131)70(120)92-46(79(129)130)21-37-9-6-5-7-10-37/h5-7,9-10,12-15,34-36,40-55,61,102-105,131-136H,8,11,16-33,80H2,1-4H3,(H2,81,106)(H2,82,107)(H2,83,108)(H,84,127)(H,85,126)(H,86,109)(H,87,121)(H,88,114)(H,89,117)(H,90,118)(H,91,122)(H,92,120)(H,93,113)(H,94,119)(H,95,112)(H,96,115)(H,97,116)(H,98,124)(H,99,123)(H,100,125)(H,110,111)(H,129,130)/t35-,36+,40-,41-,42-,43-,44-,45-,46-,47-,48-,49-,50-,51-,52-,53-,54-,55-,61-/m0/s1. The molecule has 3 rings (SSSR count). The van der Waals surface area contributed by atoms with Gasteiger partial charge in [0.25, 0.3) is 0 Å². The molecular formula is C79H118N22O29S6. The molecule has 0 bridgehead atoms. The van der Waals surface area contributed by atoms with Crippen LogP contribution in [0.1, 0.15) is 90.2 Å². The van der Waals surface area contributed by atoms with E-state index in [9.17, 15) is 141 Å². The summed E-state index contributed by atoms with van der Waals surface area (Å²) in [4.78, 5) is 308. The average molecular weight is 2030 g/mol. The molecule has 0 spiro atoms. The highest BCUT2D eigenvalue weighted by Crippen LogP contribution is 2.21. The number of amides is 21. The number of nitrogens with zero attached hydrogens (tertiary/aromatic N) is 1. The van der Waals surface area contributed by atoms with E-state index in [2.05, 4.69) is 156 Å². The largest absolute Gasteiger partial charge is 0.508 e. The molecule has 0 saturated carbocycles. The van der Waals surface area contributed by atoms with Gasteiger partial charge in [-0.1, -0.05) is 56.3 Å². The van der Waals surface area contributed by atoms with Gasteiger partial charge in [0.05, 0.1) is 51.2 Å². The van der Waals surface area contributed by atoms with E-state index in [1.807, 2.05) is 10.6 Å². The summed E-state index contributed by atoms with van der Waals surface area (Å²) in [5.41, 5.74) is 22.4. The molecule has 1 heterocycles. The van der Waals surface area contributed by atoms with Crippen molar-refractivity contribution in [1.82, 2.24) is 95.3 Å². The summed E-state index contributed by atoms with van der Waals surface area (Å²) < 4.78 is 0. The predicted octanol–water partition coefficient (Wildman–Crippen LogP) is -13.0. The van der Waals surface area contributed by atoms with Crippen molar-refractivity contribution in [1.29, 1.82) is 0 Å². The molecule has 1 saturated heterocycles. The summed E-state index contributed by atoms with van der Waals surface area (Å²) in [6, 6.07) is -17.0. The van der Waals surface area contributed by atoms with Crippen LogP contribution in [-0.2, 0) is 123 Å². The number of phenols is 1. The maximum atomic E-state index is 14.4. The first-order valence-electron chi connectivity index (χ1n) is 41.9. The third-order valence-corrected chi connectivity index (χ3v) is 22.2. The van der Waals surface area contributed by atoms with Gasteiger partial charge in [-0.2, -0.15) is 75.8 Å². The molecule has 0 aliphatic carbocycles. The number of hydrogen-bond acceptors (Lipinski definition) is 34. The molecule has 136 heavy (non-hydrogen) atoms. The highest BCUT2D eigenvalue weighted by atomic mass is 32.1. The molecule has 1 aliphatic heterocycles. The molecule has 1 fully saturated rings. The molecule has 31 N–H and O–H groups in total. The number of aliphatic carboxylic acids is 2. The lowest BCUT2D eigenvalue weighted by atomic mass is 10.0. The Labute approximate surface area is 811 Å². The zero-order chi connectivity index (χ0) is 103. The van der Waals surface area contributed by atoms with Crippen LogP contribution in [0.25, 0.3) is 0 Å². The summed E-state index contributed by atoms with van der Waals surface area (Å²) in [6.07, 6.45) is -6.37. The molecule has 0 unspecified atom stereocenters. The number of aliphatic hydroxyl groups excluding tert-OH is 3. The number of carbonyl (C=O) groups is 23. The molecule has 51 nitrogen and oxygen atoms in total. The van der Waals surface area contributed by atoms with E-state index in [0.29, 0.717) is 5.56 Å². The molecule has 754 valence electrons. The minimum Gasteiger partial charge on any atom is -0.508 e. The van der Waals surface area contributed by atoms with Crippen LogP contribution in [-0.4, -0.2) is 347 Å². The van der Waals surface area contributed by atoms with Crippen LogP contribution >= 0.6 is 75.8 Å². The second-order valence-electron chi connectivity index (χ2n) is 31.3. The number of likely N-dealkylation sites (tertiary alicyclic amines) is 1. The minimum absolute atomic E-state index is 0.0415. The van der Waals surface area contributed by atoms with Crippen LogP contribution in [0.15, 0.2) is 54.6 Å². The van der Waals surface area contributed by atoms with E-state index in [0.717, 1.165) is 11.8 Å². The Morgan fingerprint density at radius 1 is 0.404 bits per heavy atom. The van der Waals surface area contributed by atoms with Crippen molar-refractivity contribution in [2.75, 3.05) is 60.8 Å². The number of aliphatic hydroxyl groups is 3. The number of aromatic hydroxyl groups is 1. The Bertz CT molecular complexity index is 4580. The molecule has 0 radical (unpaired) electrons. The van der Waals surface area contributed by atoms with Crippen LogP contribution in [0.2, 0.25) is 0 Å². The van der Waals surface area contributed by atoms with E-state index >= 15 is 0 Å². The smallest absolute Gasteiger partial charge is 0.326 e. The van der Waals surface area contributed by atoms with Gasteiger partial charge in [0.1, 0.15) is 108 Å². The molecular weight excluding hydrogens is 1910 g/mol. The van der Waals surface area contributed by atoms with Gasteiger partial charge in [-0.25, -0.2) is 4.79 Å². The van der Waals surface area contributed by atoms with Crippen molar-refractivity contribution in [3.63, 3.8) is 0 Å². The van der Waals surface area contributed by atoms with Gasteiger partial charge >= 0.3 is 11.9 Å². The van der Waals surface area contributed by atoms with Crippen molar-refractivity contribution in [3.05, 3.63) is 65.7 Å². The predicted molar refractivity (Wildman–Crippen MR) is 499 cm³/mol. The van der Waals surface area contributed by atoms with E-state index < -0.39 is 344 Å². The number of phenolic OH excluding ortho intramolecular Hbond substituents is 1. The van der Waals surface area contributed by atoms with Gasteiger partial charge in [-0.05, 0) is 68.7 Å².